The smallest absolute Gasteiger partial charge is 0.308 e. The van der Waals surface area contributed by atoms with Gasteiger partial charge in [-0.05, 0) is 13.2 Å². The Morgan fingerprint density at radius 3 is 2.75 bits per heavy atom. The van der Waals surface area contributed by atoms with Crippen molar-refractivity contribution in [1.82, 2.24) is 4.98 Å². The molecule has 5 heteroatoms. The summed E-state index contributed by atoms with van der Waals surface area (Å²) >= 11 is 2.94. The summed E-state index contributed by atoms with van der Waals surface area (Å²) in [7, 11) is 0. The molecular weight excluding hydrogens is 194 g/mol. The minimum absolute atomic E-state index is 0.297. The summed E-state index contributed by atoms with van der Waals surface area (Å²) in [6.45, 7) is 3.21. The van der Waals surface area contributed by atoms with E-state index in [2.05, 4.69) is 4.98 Å². The number of aryl methyl sites for hydroxylation is 1. The van der Waals surface area contributed by atoms with Crippen molar-refractivity contribution in [3.05, 3.63) is 5.69 Å². The number of aromatic nitrogens is 1. The quantitative estimate of drug-likeness (QED) is 0.545. The molecule has 0 aliphatic rings. The number of hydrogen-bond donors (Lipinski definition) is 0. The van der Waals surface area contributed by atoms with E-state index in [4.69, 9.17) is 4.74 Å². The number of carbonyl (C=O) groups is 1. The monoisotopic (exact) mass is 203 g/mol. The first-order chi connectivity index (χ1) is 5.63. The molecule has 0 saturated carbocycles. The van der Waals surface area contributed by atoms with Crippen molar-refractivity contribution in [2.75, 3.05) is 6.26 Å². The van der Waals surface area contributed by atoms with Crippen molar-refractivity contribution in [1.29, 1.82) is 0 Å². The highest BCUT2D eigenvalue weighted by Crippen LogP contribution is 2.31. The minimum Gasteiger partial charge on any atom is -0.414 e. The van der Waals surface area contributed by atoms with Gasteiger partial charge in [-0.15, -0.1) is 0 Å². The Hall–Kier alpha value is -0.550. The van der Waals surface area contributed by atoms with Crippen molar-refractivity contribution >= 4 is 29.1 Å². The van der Waals surface area contributed by atoms with Gasteiger partial charge >= 0.3 is 5.97 Å². The van der Waals surface area contributed by atoms with E-state index in [0.717, 1.165) is 10.0 Å². The van der Waals surface area contributed by atoms with Gasteiger partial charge in [0.25, 0.3) is 0 Å². The molecule has 0 N–H and O–H groups in total. The van der Waals surface area contributed by atoms with Gasteiger partial charge in [0, 0.05) is 6.92 Å². The summed E-state index contributed by atoms with van der Waals surface area (Å²) in [5.74, 6) is -0.297. The Morgan fingerprint density at radius 1 is 1.67 bits per heavy atom. The van der Waals surface area contributed by atoms with Gasteiger partial charge in [0.2, 0.25) is 5.06 Å². The fraction of sp³-hybridized carbons (Fsp3) is 0.429. The Kier molecular flexibility index (Phi) is 3.11. The Morgan fingerprint density at radius 2 is 2.33 bits per heavy atom. The van der Waals surface area contributed by atoms with E-state index in [1.807, 2.05) is 13.2 Å². The first-order valence-corrected chi connectivity index (χ1v) is 5.37. The van der Waals surface area contributed by atoms with Crippen LogP contribution in [0.15, 0.2) is 4.34 Å². The number of thioether (sulfide) groups is 1. The van der Waals surface area contributed by atoms with Gasteiger partial charge in [0.05, 0.1) is 5.69 Å². The third-order valence-corrected chi connectivity index (χ3v) is 3.17. The minimum atomic E-state index is -0.297. The largest absolute Gasteiger partial charge is 0.414 e. The van der Waals surface area contributed by atoms with Crippen LogP contribution in [0.1, 0.15) is 12.6 Å². The van der Waals surface area contributed by atoms with Crippen LogP contribution < -0.4 is 4.74 Å². The van der Waals surface area contributed by atoms with E-state index in [1.165, 1.54) is 18.3 Å². The molecular formula is C7H9NO2S2. The molecule has 1 aromatic heterocycles. The molecule has 0 aliphatic heterocycles. The summed E-state index contributed by atoms with van der Waals surface area (Å²) in [5.41, 5.74) is 0.777. The molecule has 0 unspecified atom stereocenters. The molecule has 12 heavy (non-hydrogen) atoms. The lowest BCUT2D eigenvalue weighted by Gasteiger charge is -1.94. The number of thiazole rings is 1. The number of hydrogen-bond acceptors (Lipinski definition) is 5. The van der Waals surface area contributed by atoms with E-state index >= 15 is 0 Å². The third kappa shape index (κ3) is 2.22. The maximum Gasteiger partial charge on any atom is 0.308 e. The highest BCUT2D eigenvalue weighted by atomic mass is 32.2. The zero-order valence-corrected chi connectivity index (χ0v) is 8.71. The molecule has 1 aromatic rings. The average Bonchev–Trinajstić information content (AvgIpc) is 2.31. The first kappa shape index (κ1) is 9.54. The van der Waals surface area contributed by atoms with Gasteiger partial charge in [-0.3, -0.25) is 4.79 Å². The van der Waals surface area contributed by atoms with Crippen LogP contribution in [0.5, 0.6) is 5.06 Å². The Balaban J connectivity index is 2.84. The Labute approximate surface area is 79.1 Å². The van der Waals surface area contributed by atoms with Crippen LogP contribution in [-0.4, -0.2) is 17.2 Å². The summed E-state index contributed by atoms with van der Waals surface area (Å²) < 4.78 is 5.85. The predicted octanol–water partition coefficient (Wildman–Crippen LogP) is 2.10. The molecule has 0 aromatic carbocycles. The molecule has 0 aliphatic carbocycles. The van der Waals surface area contributed by atoms with Crippen LogP contribution >= 0.6 is 23.1 Å². The fourth-order valence-electron chi connectivity index (χ4n) is 0.671. The highest BCUT2D eigenvalue weighted by Gasteiger charge is 2.09. The van der Waals surface area contributed by atoms with Crippen molar-refractivity contribution in [2.45, 2.75) is 18.2 Å². The predicted molar refractivity (Wildman–Crippen MR) is 49.9 cm³/mol. The molecule has 1 heterocycles. The van der Waals surface area contributed by atoms with Crippen LogP contribution in [0.4, 0.5) is 0 Å². The molecule has 1 rings (SSSR count). The molecule has 0 radical (unpaired) electrons. The first-order valence-electron chi connectivity index (χ1n) is 3.33. The molecule has 0 spiro atoms. The van der Waals surface area contributed by atoms with Crippen molar-refractivity contribution in [3.8, 4) is 5.06 Å². The summed E-state index contributed by atoms with van der Waals surface area (Å²) in [6, 6.07) is 0. The zero-order chi connectivity index (χ0) is 9.14. The maximum atomic E-state index is 10.6. The number of carbonyl (C=O) groups excluding carboxylic acids is 1. The van der Waals surface area contributed by atoms with Gasteiger partial charge in [0.15, 0.2) is 4.34 Å². The molecule has 0 saturated heterocycles. The standard InChI is InChI=1S/C7H9NO2S2/c1-4-6(10-5(2)9)12-7(8-4)11-3/h1-3H3. The molecule has 0 atom stereocenters. The lowest BCUT2D eigenvalue weighted by Crippen LogP contribution is -2.00. The molecule has 0 amide bonds. The van der Waals surface area contributed by atoms with Crippen molar-refractivity contribution in [2.24, 2.45) is 0 Å². The van der Waals surface area contributed by atoms with Gasteiger partial charge < -0.3 is 4.74 Å². The zero-order valence-electron chi connectivity index (χ0n) is 7.08. The van der Waals surface area contributed by atoms with Crippen molar-refractivity contribution in [3.63, 3.8) is 0 Å². The summed E-state index contributed by atoms with van der Waals surface area (Å²) in [6.07, 6.45) is 1.94. The number of esters is 1. The second-order valence-electron chi connectivity index (χ2n) is 2.15. The number of rotatable bonds is 2. The topological polar surface area (TPSA) is 39.2 Å². The maximum absolute atomic E-state index is 10.6. The van der Waals surface area contributed by atoms with E-state index in [9.17, 15) is 4.79 Å². The molecule has 3 nitrogen and oxygen atoms in total. The normalized spacial score (nSPS) is 9.92. The molecule has 0 fully saturated rings. The lowest BCUT2D eigenvalue weighted by molar-refractivity contribution is -0.131. The van der Waals surface area contributed by atoms with Gasteiger partial charge in [-0.1, -0.05) is 23.1 Å². The number of nitrogens with zero attached hydrogens (tertiary/aromatic N) is 1. The fourth-order valence-corrected chi connectivity index (χ4v) is 2.15. The van der Waals surface area contributed by atoms with E-state index in [-0.39, 0.29) is 5.97 Å². The van der Waals surface area contributed by atoms with Crippen LogP contribution in [0.2, 0.25) is 0 Å². The average molecular weight is 203 g/mol. The van der Waals surface area contributed by atoms with Gasteiger partial charge in [-0.2, -0.15) is 0 Å². The van der Waals surface area contributed by atoms with E-state index < -0.39 is 0 Å². The highest BCUT2D eigenvalue weighted by molar-refractivity contribution is 8.00. The summed E-state index contributed by atoms with van der Waals surface area (Å²) in [5, 5.41) is 0.604. The Bertz CT molecular complexity index is 296. The molecule has 66 valence electrons. The second kappa shape index (κ2) is 3.91. The van der Waals surface area contributed by atoms with Crippen LogP contribution in [-0.2, 0) is 4.79 Å². The van der Waals surface area contributed by atoms with Crippen molar-refractivity contribution < 1.29 is 9.53 Å². The van der Waals surface area contributed by atoms with Crippen LogP contribution in [0, 0.1) is 6.92 Å². The van der Waals surface area contributed by atoms with Gasteiger partial charge in [-0.25, -0.2) is 4.98 Å². The van der Waals surface area contributed by atoms with Gasteiger partial charge in [0.1, 0.15) is 0 Å². The molecule has 0 bridgehead atoms. The number of ether oxygens (including phenoxy) is 1. The SMILES string of the molecule is CSc1nc(C)c(OC(C)=O)s1. The third-order valence-electron chi connectivity index (χ3n) is 1.15. The van der Waals surface area contributed by atoms with E-state index in [0.29, 0.717) is 5.06 Å². The summed E-state index contributed by atoms with van der Waals surface area (Å²) in [4.78, 5) is 14.8. The van der Waals surface area contributed by atoms with Crippen LogP contribution in [0.3, 0.4) is 0 Å². The van der Waals surface area contributed by atoms with Crippen LogP contribution in [0.25, 0.3) is 0 Å². The van der Waals surface area contributed by atoms with E-state index in [1.54, 1.807) is 11.8 Å². The second-order valence-corrected chi connectivity index (χ2v) is 4.17. The lowest BCUT2D eigenvalue weighted by atomic mass is 10.5.